The van der Waals surface area contributed by atoms with Gasteiger partial charge in [0.1, 0.15) is 5.56 Å². The van der Waals surface area contributed by atoms with E-state index in [0.29, 0.717) is 5.69 Å². The maximum absolute atomic E-state index is 10.9. The van der Waals surface area contributed by atoms with Gasteiger partial charge in [-0.05, 0) is 18.2 Å². The van der Waals surface area contributed by atoms with E-state index in [-0.39, 0.29) is 22.0 Å². The highest BCUT2D eigenvalue weighted by Crippen LogP contribution is 2.37. The Kier molecular flexibility index (Phi) is 2.93. The molecule has 0 amide bonds. The molecule has 0 spiro atoms. The lowest BCUT2D eigenvalue weighted by Gasteiger charge is -2.07. The topological polar surface area (TPSA) is 82.0 Å². The highest BCUT2D eigenvalue weighted by molar-refractivity contribution is 6.34. The van der Waals surface area contributed by atoms with Crippen LogP contribution in [0.3, 0.4) is 0 Å². The Morgan fingerprint density at radius 3 is 2.65 bits per heavy atom. The van der Waals surface area contributed by atoms with Crippen molar-refractivity contribution >= 4 is 23.0 Å². The lowest BCUT2D eigenvalue weighted by molar-refractivity contribution is -0.384. The van der Waals surface area contributed by atoms with Crippen molar-refractivity contribution in [2.45, 2.75) is 0 Å². The van der Waals surface area contributed by atoms with Crippen LogP contribution in [0, 0.1) is 10.1 Å². The second-order valence-corrected chi connectivity index (χ2v) is 3.73. The van der Waals surface area contributed by atoms with Gasteiger partial charge in [-0.15, -0.1) is 0 Å². The molecule has 5 nitrogen and oxygen atoms in total. The highest BCUT2D eigenvalue weighted by Gasteiger charge is 2.20. The zero-order chi connectivity index (χ0) is 12.4. The number of nitrogens with two attached hydrogens (primary N) is 1. The van der Waals surface area contributed by atoms with Crippen molar-refractivity contribution in [2.24, 2.45) is 0 Å². The third-order valence-corrected chi connectivity index (χ3v) is 2.62. The predicted molar refractivity (Wildman–Crippen MR) is 65.7 cm³/mol. The van der Waals surface area contributed by atoms with Crippen LogP contribution in [0.1, 0.15) is 0 Å². The summed E-state index contributed by atoms with van der Waals surface area (Å²) in [4.78, 5) is 14.5. The van der Waals surface area contributed by atoms with Gasteiger partial charge in [-0.2, -0.15) is 0 Å². The van der Waals surface area contributed by atoms with E-state index in [0.717, 1.165) is 0 Å². The lowest BCUT2D eigenvalue weighted by atomic mass is 10.1. The Morgan fingerprint density at radius 2 is 2.06 bits per heavy atom. The van der Waals surface area contributed by atoms with Crippen LogP contribution in [0.25, 0.3) is 11.3 Å². The van der Waals surface area contributed by atoms with Crippen LogP contribution in [0.5, 0.6) is 0 Å². The van der Waals surface area contributed by atoms with Crippen molar-refractivity contribution in [2.75, 3.05) is 5.73 Å². The van der Waals surface area contributed by atoms with Crippen molar-refractivity contribution in [1.82, 2.24) is 4.98 Å². The first kappa shape index (κ1) is 11.3. The molecule has 0 aliphatic heterocycles. The summed E-state index contributed by atoms with van der Waals surface area (Å²) in [6, 6.07) is 7.82. The zero-order valence-electron chi connectivity index (χ0n) is 8.63. The van der Waals surface area contributed by atoms with E-state index in [9.17, 15) is 10.1 Å². The SMILES string of the molecule is Nc1c(Cl)ccc([N+](=O)[O-])c1-c1ccccn1. The molecule has 0 aliphatic rings. The summed E-state index contributed by atoms with van der Waals surface area (Å²) in [5.41, 5.74) is 6.52. The van der Waals surface area contributed by atoms with E-state index >= 15 is 0 Å². The number of nitrogens with zero attached hydrogens (tertiary/aromatic N) is 2. The molecular weight excluding hydrogens is 242 g/mol. The summed E-state index contributed by atoms with van der Waals surface area (Å²) in [7, 11) is 0. The second kappa shape index (κ2) is 4.39. The summed E-state index contributed by atoms with van der Waals surface area (Å²) in [5, 5.41) is 11.2. The summed E-state index contributed by atoms with van der Waals surface area (Å²) < 4.78 is 0. The monoisotopic (exact) mass is 249 g/mol. The van der Waals surface area contributed by atoms with Crippen LogP contribution in [0.2, 0.25) is 5.02 Å². The number of halogens is 1. The van der Waals surface area contributed by atoms with Crippen molar-refractivity contribution in [3.05, 3.63) is 51.7 Å². The number of nitro benzene ring substituents is 1. The number of pyridine rings is 1. The first-order valence-corrected chi connectivity index (χ1v) is 5.13. The molecule has 0 aliphatic carbocycles. The molecule has 17 heavy (non-hydrogen) atoms. The van der Waals surface area contributed by atoms with Gasteiger partial charge in [0.2, 0.25) is 0 Å². The largest absolute Gasteiger partial charge is 0.397 e. The van der Waals surface area contributed by atoms with E-state index in [1.54, 1.807) is 24.4 Å². The molecule has 86 valence electrons. The van der Waals surface area contributed by atoms with E-state index in [2.05, 4.69) is 4.98 Å². The van der Waals surface area contributed by atoms with Gasteiger partial charge in [0.15, 0.2) is 0 Å². The van der Waals surface area contributed by atoms with Gasteiger partial charge in [-0.25, -0.2) is 0 Å². The Labute approximate surface area is 102 Å². The molecule has 2 aromatic rings. The maximum Gasteiger partial charge on any atom is 0.280 e. The van der Waals surface area contributed by atoms with Crippen LogP contribution >= 0.6 is 11.6 Å². The van der Waals surface area contributed by atoms with Gasteiger partial charge in [0, 0.05) is 12.3 Å². The Balaban J connectivity index is 2.74. The average Bonchev–Trinajstić information content (AvgIpc) is 2.33. The van der Waals surface area contributed by atoms with Gasteiger partial charge in [-0.3, -0.25) is 15.1 Å². The third kappa shape index (κ3) is 2.05. The van der Waals surface area contributed by atoms with Crippen molar-refractivity contribution < 1.29 is 4.92 Å². The molecule has 0 bridgehead atoms. The molecule has 6 heteroatoms. The average molecular weight is 250 g/mol. The molecule has 1 aromatic heterocycles. The summed E-state index contributed by atoms with van der Waals surface area (Å²) in [5.74, 6) is 0. The van der Waals surface area contributed by atoms with Crippen molar-refractivity contribution in [3.8, 4) is 11.3 Å². The van der Waals surface area contributed by atoms with Crippen LogP contribution in [-0.2, 0) is 0 Å². The van der Waals surface area contributed by atoms with Crippen LogP contribution in [0.15, 0.2) is 36.5 Å². The molecule has 0 fully saturated rings. The summed E-state index contributed by atoms with van der Waals surface area (Å²) in [6.45, 7) is 0. The second-order valence-electron chi connectivity index (χ2n) is 3.33. The fraction of sp³-hybridized carbons (Fsp3) is 0. The number of aromatic nitrogens is 1. The van der Waals surface area contributed by atoms with E-state index < -0.39 is 4.92 Å². The van der Waals surface area contributed by atoms with Crippen LogP contribution in [0.4, 0.5) is 11.4 Å². The minimum absolute atomic E-state index is 0.106. The van der Waals surface area contributed by atoms with Gasteiger partial charge in [0.25, 0.3) is 5.69 Å². The normalized spacial score (nSPS) is 10.2. The number of rotatable bonds is 2. The molecule has 0 atom stereocenters. The first-order chi connectivity index (χ1) is 8.11. The quantitative estimate of drug-likeness (QED) is 0.504. The van der Waals surface area contributed by atoms with Crippen molar-refractivity contribution in [1.29, 1.82) is 0 Å². The number of nitrogen functional groups attached to an aromatic ring is 1. The Morgan fingerprint density at radius 1 is 1.29 bits per heavy atom. The molecule has 1 heterocycles. The molecule has 2 N–H and O–H groups in total. The zero-order valence-corrected chi connectivity index (χ0v) is 9.39. The van der Waals surface area contributed by atoms with E-state index in [1.165, 1.54) is 12.1 Å². The molecule has 2 rings (SSSR count). The molecule has 0 unspecified atom stereocenters. The van der Waals surface area contributed by atoms with Crippen molar-refractivity contribution in [3.63, 3.8) is 0 Å². The predicted octanol–water partition coefficient (Wildman–Crippen LogP) is 2.89. The molecule has 1 aromatic carbocycles. The first-order valence-electron chi connectivity index (χ1n) is 4.75. The third-order valence-electron chi connectivity index (χ3n) is 2.29. The number of nitro groups is 1. The molecule has 0 saturated carbocycles. The maximum atomic E-state index is 10.9. The van der Waals surface area contributed by atoms with Gasteiger partial charge < -0.3 is 5.73 Å². The fourth-order valence-electron chi connectivity index (χ4n) is 1.51. The standard InChI is InChI=1S/C11H8ClN3O2/c12-7-4-5-9(15(16)17)10(11(7)13)8-3-1-2-6-14-8/h1-6H,13H2. The van der Waals surface area contributed by atoms with E-state index in [4.69, 9.17) is 17.3 Å². The number of hydrogen-bond acceptors (Lipinski definition) is 4. The Hall–Kier alpha value is -2.14. The van der Waals surface area contributed by atoms with Gasteiger partial charge in [-0.1, -0.05) is 17.7 Å². The number of anilines is 1. The van der Waals surface area contributed by atoms with Crippen LogP contribution in [-0.4, -0.2) is 9.91 Å². The number of hydrogen-bond donors (Lipinski definition) is 1. The summed E-state index contributed by atoms with van der Waals surface area (Å²) in [6.07, 6.45) is 1.54. The number of benzene rings is 1. The smallest absolute Gasteiger partial charge is 0.280 e. The van der Waals surface area contributed by atoms with Crippen LogP contribution < -0.4 is 5.73 Å². The van der Waals surface area contributed by atoms with Gasteiger partial charge >= 0.3 is 0 Å². The molecule has 0 radical (unpaired) electrons. The molecular formula is C11H8ClN3O2. The van der Waals surface area contributed by atoms with Gasteiger partial charge in [0.05, 0.1) is 21.3 Å². The Bertz CT molecular complexity index is 572. The fourth-order valence-corrected chi connectivity index (χ4v) is 1.67. The summed E-state index contributed by atoms with van der Waals surface area (Å²) >= 11 is 5.87. The minimum Gasteiger partial charge on any atom is -0.397 e. The molecule has 0 saturated heterocycles. The highest BCUT2D eigenvalue weighted by atomic mass is 35.5. The minimum atomic E-state index is -0.503. The van der Waals surface area contributed by atoms with E-state index in [1.807, 2.05) is 0 Å². The lowest BCUT2D eigenvalue weighted by Crippen LogP contribution is -1.99.